The second-order valence-corrected chi connectivity index (χ2v) is 8.51. The molecule has 1 aliphatic heterocycles. The van der Waals surface area contributed by atoms with E-state index in [4.69, 9.17) is 0 Å². The van der Waals surface area contributed by atoms with Crippen molar-refractivity contribution < 1.29 is 8.42 Å². The van der Waals surface area contributed by atoms with Crippen molar-refractivity contribution >= 4 is 10.0 Å². The smallest absolute Gasteiger partial charge is 0.214 e. The molecule has 1 aliphatic carbocycles. The molecule has 112 valence electrons. The summed E-state index contributed by atoms with van der Waals surface area (Å²) in [6.45, 7) is 3.52. The summed E-state index contributed by atoms with van der Waals surface area (Å²) < 4.78 is 26.6. The van der Waals surface area contributed by atoms with Crippen LogP contribution in [-0.2, 0) is 10.0 Å². The van der Waals surface area contributed by atoms with Crippen LogP contribution >= 0.6 is 0 Å². The zero-order chi connectivity index (χ0) is 13.9. The van der Waals surface area contributed by atoms with E-state index >= 15 is 0 Å². The van der Waals surface area contributed by atoms with Gasteiger partial charge in [-0.25, -0.2) is 12.7 Å². The zero-order valence-electron chi connectivity index (χ0n) is 12.3. The van der Waals surface area contributed by atoms with Crippen molar-refractivity contribution in [2.24, 2.45) is 5.92 Å². The second kappa shape index (κ2) is 6.10. The summed E-state index contributed by atoms with van der Waals surface area (Å²) in [5, 5.41) is 3.31. The molecule has 1 heterocycles. The fourth-order valence-electron chi connectivity index (χ4n) is 3.26. The Morgan fingerprint density at radius 3 is 2.26 bits per heavy atom. The second-order valence-electron chi connectivity index (χ2n) is 6.49. The lowest BCUT2D eigenvalue weighted by Gasteiger charge is -2.39. The van der Waals surface area contributed by atoms with Crippen molar-refractivity contribution in [2.75, 3.05) is 25.9 Å². The largest absolute Gasteiger partial charge is 0.314 e. The minimum Gasteiger partial charge on any atom is -0.314 e. The van der Waals surface area contributed by atoms with Crippen molar-refractivity contribution in [1.82, 2.24) is 9.62 Å². The van der Waals surface area contributed by atoms with E-state index in [9.17, 15) is 8.42 Å². The van der Waals surface area contributed by atoms with Gasteiger partial charge in [-0.05, 0) is 45.6 Å². The minimum absolute atomic E-state index is 0.108. The molecule has 1 N–H and O–H groups in total. The highest BCUT2D eigenvalue weighted by molar-refractivity contribution is 7.89. The van der Waals surface area contributed by atoms with E-state index in [1.54, 1.807) is 4.31 Å². The van der Waals surface area contributed by atoms with Gasteiger partial charge < -0.3 is 5.32 Å². The maximum atomic E-state index is 12.5. The van der Waals surface area contributed by atoms with E-state index in [1.165, 1.54) is 19.3 Å². The predicted octanol–water partition coefficient (Wildman–Crippen LogP) is 1.97. The molecule has 0 amide bonds. The third-order valence-corrected chi connectivity index (χ3v) is 7.04. The Bertz CT molecular complexity index is 380. The van der Waals surface area contributed by atoms with E-state index in [0.717, 1.165) is 25.7 Å². The first-order chi connectivity index (χ1) is 8.95. The molecule has 0 aromatic heterocycles. The van der Waals surface area contributed by atoms with Crippen molar-refractivity contribution in [2.45, 2.75) is 57.4 Å². The number of piperidine rings is 1. The van der Waals surface area contributed by atoms with Crippen LogP contribution in [0.4, 0.5) is 0 Å². The molecule has 0 unspecified atom stereocenters. The molecule has 0 aromatic rings. The number of hydrogen-bond acceptors (Lipinski definition) is 3. The molecule has 0 atom stereocenters. The van der Waals surface area contributed by atoms with Crippen molar-refractivity contribution in [1.29, 1.82) is 0 Å². The topological polar surface area (TPSA) is 49.4 Å². The van der Waals surface area contributed by atoms with E-state index in [-0.39, 0.29) is 5.54 Å². The molecule has 1 saturated carbocycles. The molecule has 0 radical (unpaired) electrons. The zero-order valence-corrected chi connectivity index (χ0v) is 13.1. The summed E-state index contributed by atoms with van der Waals surface area (Å²) in [7, 11) is -1.07. The monoisotopic (exact) mass is 288 g/mol. The third-order valence-electron chi connectivity index (χ3n) is 4.99. The Morgan fingerprint density at radius 1 is 1.16 bits per heavy atom. The first-order valence-corrected chi connectivity index (χ1v) is 9.23. The summed E-state index contributed by atoms with van der Waals surface area (Å²) in [5.74, 6) is 0.778. The SMILES string of the molecule is CNC1(C)CCN(S(=O)(=O)CC2CCCCC2)CC1. The van der Waals surface area contributed by atoms with Gasteiger partial charge in [-0.2, -0.15) is 0 Å². The normalized spacial score (nSPS) is 26.4. The van der Waals surface area contributed by atoms with Crippen molar-refractivity contribution in [3.05, 3.63) is 0 Å². The molecular weight excluding hydrogens is 260 g/mol. The van der Waals surface area contributed by atoms with Gasteiger partial charge in [0, 0.05) is 18.6 Å². The van der Waals surface area contributed by atoms with Crippen molar-refractivity contribution in [3.8, 4) is 0 Å². The Labute approximate surface area is 118 Å². The van der Waals surface area contributed by atoms with Gasteiger partial charge in [0.15, 0.2) is 0 Å². The lowest BCUT2D eigenvalue weighted by molar-refractivity contribution is 0.218. The molecule has 2 aliphatic rings. The highest BCUT2D eigenvalue weighted by Gasteiger charge is 2.34. The molecule has 2 fully saturated rings. The number of nitrogens with one attached hydrogen (secondary N) is 1. The van der Waals surface area contributed by atoms with E-state index in [1.807, 2.05) is 7.05 Å². The number of hydrogen-bond donors (Lipinski definition) is 1. The van der Waals surface area contributed by atoms with Crippen LogP contribution in [-0.4, -0.2) is 44.2 Å². The molecule has 0 spiro atoms. The van der Waals surface area contributed by atoms with Crippen LogP contribution in [0.5, 0.6) is 0 Å². The molecule has 0 aromatic carbocycles. The highest BCUT2D eigenvalue weighted by atomic mass is 32.2. The third kappa shape index (κ3) is 3.92. The first-order valence-electron chi connectivity index (χ1n) is 7.62. The predicted molar refractivity (Wildman–Crippen MR) is 78.6 cm³/mol. The average molecular weight is 288 g/mol. The van der Waals surface area contributed by atoms with Crippen molar-refractivity contribution in [3.63, 3.8) is 0 Å². The first kappa shape index (κ1) is 15.3. The molecule has 5 heteroatoms. The van der Waals surface area contributed by atoms with Crippen LogP contribution in [0, 0.1) is 5.92 Å². The molecule has 19 heavy (non-hydrogen) atoms. The molecule has 0 bridgehead atoms. The van der Waals surface area contributed by atoms with Gasteiger partial charge in [0.2, 0.25) is 10.0 Å². The highest BCUT2D eigenvalue weighted by Crippen LogP contribution is 2.28. The summed E-state index contributed by atoms with van der Waals surface area (Å²) in [6.07, 6.45) is 7.71. The Hall–Kier alpha value is -0.130. The van der Waals surface area contributed by atoms with Crippen LogP contribution in [0.1, 0.15) is 51.9 Å². The summed E-state index contributed by atoms with van der Waals surface area (Å²) in [5.41, 5.74) is 0.108. The lowest BCUT2D eigenvalue weighted by atomic mass is 9.91. The van der Waals surface area contributed by atoms with Gasteiger partial charge in [-0.15, -0.1) is 0 Å². The molecule has 1 saturated heterocycles. The molecular formula is C14H28N2O2S. The summed E-state index contributed by atoms with van der Waals surface area (Å²) in [6, 6.07) is 0. The van der Waals surface area contributed by atoms with Gasteiger partial charge >= 0.3 is 0 Å². The maximum Gasteiger partial charge on any atom is 0.214 e. The number of sulfonamides is 1. The fourth-order valence-corrected chi connectivity index (χ4v) is 5.14. The Kier molecular flexibility index (Phi) is 4.90. The van der Waals surface area contributed by atoms with Crippen LogP contribution < -0.4 is 5.32 Å². The van der Waals surface area contributed by atoms with Gasteiger partial charge in [-0.1, -0.05) is 19.3 Å². The maximum absolute atomic E-state index is 12.5. The molecule has 4 nitrogen and oxygen atoms in total. The van der Waals surface area contributed by atoms with Crippen LogP contribution in [0.15, 0.2) is 0 Å². The Morgan fingerprint density at radius 2 is 1.74 bits per heavy atom. The quantitative estimate of drug-likeness (QED) is 0.860. The summed E-state index contributed by atoms with van der Waals surface area (Å²) >= 11 is 0. The van der Waals surface area contributed by atoms with E-state index < -0.39 is 10.0 Å². The lowest BCUT2D eigenvalue weighted by Crippen LogP contribution is -2.52. The fraction of sp³-hybridized carbons (Fsp3) is 1.00. The standard InChI is InChI=1S/C14H28N2O2S/c1-14(15-2)8-10-16(11-9-14)19(17,18)12-13-6-4-3-5-7-13/h13,15H,3-12H2,1-2H3. The van der Waals surface area contributed by atoms with Gasteiger partial charge in [0.1, 0.15) is 0 Å². The van der Waals surface area contributed by atoms with Crippen LogP contribution in [0.25, 0.3) is 0 Å². The van der Waals surface area contributed by atoms with Crippen LogP contribution in [0.3, 0.4) is 0 Å². The van der Waals surface area contributed by atoms with E-state index in [2.05, 4.69) is 12.2 Å². The van der Waals surface area contributed by atoms with Crippen LogP contribution in [0.2, 0.25) is 0 Å². The van der Waals surface area contributed by atoms with E-state index in [0.29, 0.717) is 24.8 Å². The van der Waals surface area contributed by atoms with Gasteiger partial charge in [0.25, 0.3) is 0 Å². The molecule has 2 rings (SSSR count). The number of nitrogens with zero attached hydrogens (tertiary/aromatic N) is 1. The van der Waals surface area contributed by atoms with Gasteiger partial charge in [-0.3, -0.25) is 0 Å². The summed E-state index contributed by atoms with van der Waals surface area (Å²) in [4.78, 5) is 0. The number of rotatable bonds is 4. The minimum atomic E-state index is -3.04. The average Bonchev–Trinajstić information content (AvgIpc) is 2.40. The Balaban J connectivity index is 1.90. The van der Waals surface area contributed by atoms with Gasteiger partial charge in [0.05, 0.1) is 5.75 Å².